The van der Waals surface area contributed by atoms with E-state index in [0.29, 0.717) is 16.9 Å². The first-order valence-electron chi connectivity index (χ1n) is 3.55. The molecule has 0 N–H and O–H groups in total. The van der Waals surface area contributed by atoms with Gasteiger partial charge in [0.15, 0.2) is 0 Å². The maximum Gasteiger partial charge on any atom is 0.389 e. The molecule has 0 rings (SSSR count). The molecule has 1 unspecified atom stereocenters. The third kappa shape index (κ3) is 7.87. The molecule has 68 valence electrons. The zero-order chi connectivity index (χ0) is 8.91. The molecule has 0 bridgehead atoms. The maximum atomic E-state index is 11.6. The van der Waals surface area contributed by atoms with E-state index in [0.717, 1.165) is 0 Å². The van der Waals surface area contributed by atoms with Crippen LogP contribution in [0.4, 0.5) is 13.2 Å². The fourth-order valence-electron chi connectivity index (χ4n) is 0.708. The molecule has 0 aliphatic carbocycles. The van der Waals surface area contributed by atoms with Gasteiger partial charge in [-0.1, -0.05) is 0 Å². The highest BCUT2D eigenvalue weighted by molar-refractivity contribution is 5.98. The first-order valence-corrected chi connectivity index (χ1v) is 4.37. The monoisotopic (exact) mass is 186 g/mol. The molecule has 0 saturated heterocycles. The van der Waals surface area contributed by atoms with Gasteiger partial charge in [0.2, 0.25) is 0 Å². The van der Waals surface area contributed by atoms with Crippen molar-refractivity contribution in [2.75, 3.05) is 0 Å². The van der Waals surface area contributed by atoms with E-state index in [9.17, 15) is 13.2 Å². The predicted molar refractivity (Wildman–Crippen MR) is 40.4 cm³/mol. The van der Waals surface area contributed by atoms with Crippen molar-refractivity contribution in [3.05, 3.63) is 0 Å². The molecule has 0 fully saturated rings. The Morgan fingerprint density at radius 3 is 2.36 bits per heavy atom. The predicted octanol–water partition coefficient (Wildman–Crippen LogP) is 1.40. The maximum absolute atomic E-state index is 11.6. The summed E-state index contributed by atoms with van der Waals surface area (Å²) in [5, 5.41) is 0. The minimum atomic E-state index is -4.01. The van der Waals surface area contributed by atoms with E-state index >= 15 is 0 Å². The van der Waals surface area contributed by atoms with Crippen LogP contribution in [-0.4, -0.2) is 22.8 Å². The van der Waals surface area contributed by atoms with Crippen LogP contribution >= 0.6 is 0 Å². The van der Waals surface area contributed by atoms with Crippen LogP contribution in [-0.2, 0) is 4.43 Å². The molecule has 1 nitrogen and oxygen atoms in total. The van der Waals surface area contributed by atoms with Gasteiger partial charge in [0.25, 0.3) is 0 Å². The van der Waals surface area contributed by atoms with Gasteiger partial charge in [-0.15, -0.1) is 0 Å². The average molecular weight is 186 g/mol. The summed E-state index contributed by atoms with van der Waals surface area (Å²) in [5.74, 6) is 0. The number of hydrogen-bond acceptors (Lipinski definition) is 1. The Bertz CT molecular complexity index is 104. The van der Waals surface area contributed by atoms with Gasteiger partial charge in [0.1, 0.15) is 10.5 Å². The van der Waals surface area contributed by atoms with E-state index in [1.165, 1.54) is 0 Å². The molecule has 0 heterocycles. The summed E-state index contributed by atoms with van der Waals surface area (Å²) in [6.45, 7) is 1.80. The highest BCUT2D eigenvalue weighted by Crippen LogP contribution is 2.22. The molecule has 11 heavy (non-hydrogen) atoms. The fourth-order valence-corrected chi connectivity index (χ4v) is 0.944. The summed E-state index contributed by atoms with van der Waals surface area (Å²) in [7, 11) is 0.598. The molecule has 1 atom stereocenters. The Kier molecular flexibility index (Phi) is 4.75. The highest BCUT2D eigenvalue weighted by Gasteiger charge is 2.26. The van der Waals surface area contributed by atoms with Crippen LogP contribution < -0.4 is 0 Å². The van der Waals surface area contributed by atoms with Crippen molar-refractivity contribution in [2.45, 2.75) is 38.5 Å². The lowest BCUT2D eigenvalue weighted by Gasteiger charge is -2.10. The molecule has 0 saturated carbocycles. The molecular formula is C6H13F3OSi. The second-order valence-corrected chi connectivity index (χ2v) is 3.03. The number of halogens is 3. The summed E-state index contributed by atoms with van der Waals surface area (Å²) in [6.07, 6.45) is -4.03. The van der Waals surface area contributed by atoms with Gasteiger partial charge in [-0.2, -0.15) is 13.2 Å². The smallest absolute Gasteiger partial charge is 0.389 e. The standard InChI is InChI=1S/C6H13F3OSi/c1-5(10-11)3-2-4-6(7,8)9/h5H,2-4H2,1,11H3. The van der Waals surface area contributed by atoms with Crippen LogP contribution in [0, 0.1) is 0 Å². The lowest BCUT2D eigenvalue weighted by atomic mass is 10.2. The number of alkyl halides is 3. The molecule has 0 radical (unpaired) electrons. The zero-order valence-corrected chi connectivity index (χ0v) is 8.74. The van der Waals surface area contributed by atoms with E-state index in [-0.39, 0.29) is 12.5 Å². The van der Waals surface area contributed by atoms with Gasteiger partial charge in [-0.25, -0.2) is 0 Å². The van der Waals surface area contributed by atoms with Gasteiger partial charge < -0.3 is 4.43 Å². The normalized spacial score (nSPS) is 15.3. The van der Waals surface area contributed by atoms with Crippen LogP contribution in [0.3, 0.4) is 0 Å². The van der Waals surface area contributed by atoms with Crippen LogP contribution in [0.15, 0.2) is 0 Å². The Labute approximate surface area is 67.5 Å². The summed E-state index contributed by atoms with van der Waals surface area (Å²) in [5.41, 5.74) is 0. The lowest BCUT2D eigenvalue weighted by Crippen LogP contribution is -2.10. The summed E-state index contributed by atoms with van der Waals surface area (Å²) < 4.78 is 39.7. The first kappa shape index (κ1) is 11.0. The van der Waals surface area contributed by atoms with Gasteiger partial charge in [-0.3, -0.25) is 0 Å². The first-order chi connectivity index (χ1) is 4.95. The lowest BCUT2D eigenvalue weighted by molar-refractivity contribution is -0.136. The second kappa shape index (κ2) is 4.77. The van der Waals surface area contributed by atoms with Crippen molar-refractivity contribution in [1.82, 2.24) is 0 Å². The number of hydrogen-bond donors (Lipinski definition) is 0. The molecule has 0 aliphatic rings. The third-order valence-electron chi connectivity index (χ3n) is 1.47. The SMILES string of the molecule is CC(CCCC(F)(F)F)O[SiH3]. The minimum Gasteiger partial charge on any atom is -0.425 e. The fraction of sp³-hybridized carbons (Fsp3) is 1.00. The van der Waals surface area contributed by atoms with Crippen LogP contribution in [0.2, 0.25) is 0 Å². The summed E-state index contributed by atoms with van der Waals surface area (Å²) in [4.78, 5) is 0. The van der Waals surface area contributed by atoms with Gasteiger partial charge in [-0.05, 0) is 19.8 Å². The van der Waals surface area contributed by atoms with E-state index in [1.807, 2.05) is 0 Å². The Hall–Kier alpha value is -0.0331. The van der Waals surface area contributed by atoms with Gasteiger partial charge in [0.05, 0.1) is 0 Å². The Balaban J connectivity index is 3.28. The Morgan fingerprint density at radius 2 is 2.00 bits per heavy atom. The highest BCUT2D eigenvalue weighted by atomic mass is 28.2. The molecular weight excluding hydrogens is 173 g/mol. The molecule has 0 spiro atoms. The minimum absolute atomic E-state index is 0.0102. The molecule has 5 heteroatoms. The molecule has 0 aromatic rings. The van der Waals surface area contributed by atoms with Gasteiger partial charge in [0, 0.05) is 12.5 Å². The van der Waals surface area contributed by atoms with Crippen molar-refractivity contribution >= 4 is 10.5 Å². The van der Waals surface area contributed by atoms with Crippen molar-refractivity contribution in [1.29, 1.82) is 0 Å². The zero-order valence-electron chi connectivity index (χ0n) is 6.74. The van der Waals surface area contributed by atoms with Crippen LogP contribution in [0.5, 0.6) is 0 Å². The van der Waals surface area contributed by atoms with Crippen LogP contribution in [0.1, 0.15) is 26.2 Å². The van der Waals surface area contributed by atoms with E-state index in [1.54, 1.807) is 6.92 Å². The van der Waals surface area contributed by atoms with Crippen molar-refractivity contribution in [3.8, 4) is 0 Å². The number of rotatable bonds is 4. The average Bonchev–Trinajstić information content (AvgIpc) is 1.85. The summed E-state index contributed by atoms with van der Waals surface area (Å²) >= 11 is 0. The third-order valence-corrected chi connectivity index (χ3v) is 2.28. The van der Waals surface area contributed by atoms with Crippen molar-refractivity contribution in [3.63, 3.8) is 0 Å². The second-order valence-electron chi connectivity index (χ2n) is 2.55. The summed E-state index contributed by atoms with van der Waals surface area (Å²) in [6, 6.07) is 0. The van der Waals surface area contributed by atoms with Crippen molar-refractivity contribution in [2.24, 2.45) is 0 Å². The quantitative estimate of drug-likeness (QED) is 0.603. The van der Waals surface area contributed by atoms with E-state index < -0.39 is 12.6 Å². The molecule has 0 aromatic carbocycles. The topological polar surface area (TPSA) is 9.23 Å². The molecule has 0 aliphatic heterocycles. The Morgan fingerprint density at radius 1 is 1.45 bits per heavy atom. The largest absolute Gasteiger partial charge is 0.425 e. The van der Waals surface area contributed by atoms with Crippen molar-refractivity contribution < 1.29 is 17.6 Å². The van der Waals surface area contributed by atoms with Gasteiger partial charge >= 0.3 is 6.18 Å². The van der Waals surface area contributed by atoms with E-state index in [4.69, 9.17) is 4.43 Å². The van der Waals surface area contributed by atoms with Crippen LogP contribution in [0.25, 0.3) is 0 Å². The van der Waals surface area contributed by atoms with E-state index in [2.05, 4.69) is 0 Å². The molecule has 0 amide bonds. The molecule has 0 aromatic heterocycles.